The molecule has 4 nitrogen and oxygen atoms in total. The summed E-state index contributed by atoms with van der Waals surface area (Å²) < 4.78 is 0. The van der Waals surface area contributed by atoms with Crippen molar-refractivity contribution in [3.05, 3.63) is 29.3 Å². The quantitative estimate of drug-likeness (QED) is 0.789. The fourth-order valence-corrected chi connectivity index (χ4v) is 2.04. The van der Waals surface area contributed by atoms with Crippen molar-refractivity contribution in [1.29, 1.82) is 0 Å². The highest BCUT2D eigenvalue weighted by Crippen LogP contribution is 2.24. The van der Waals surface area contributed by atoms with E-state index in [0.717, 1.165) is 16.8 Å². The molecule has 0 saturated carbocycles. The fourth-order valence-electron chi connectivity index (χ4n) is 2.04. The van der Waals surface area contributed by atoms with Gasteiger partial charge in [-0.05, 0) is 38.0 Å². The number of nitrogens with zero attached hydrogens (tertiary/aromatic N) is 1. The average Bonchev–Trinajstić information content (AvgIpc) is 2.27. The Bertz CT molecular complexity index is 482. The standard InChI is InChI=1S/C13H16N2O2/c1-8-5-4-6-11(9(8)2)15-7-12(16)14-10(3)13(15)17/h4-6,10H,7H2,1-3H3,(H,14,16). The first kappa shape index (κ1) is 11.6. The zero-order chi connectivity index (χ0) is 12.6. The topological polar surface area (TPSA) is 49.4 Å². The van der Waals surface area contributed by atoms with Crippen LogP contribution in [0.3, 0.4) is 0 Å². The summed E-state index contributed by atoms with van der Waals surface area (Å²) in [6.07, 6.45) is 0. The minimum atomic E-state index is -0.448. The molecule has 1 fully saturated rings. The number of carbonyl (C=O) groups is 2. The van der Waals surface area contributed by atoms with Gasteiger partial charge in [0.1, 0.15) is 12.6 Å². The number of aryl methyl sites for hydroxylation is 1. The van der Waals surface area contributed by atoms with Gasteiger partial charge in [-0.1, -0.05) is 12.1 Å². The molecule has 0 aromatic heterocycles. The number of amides is 2. The van der Waals surface area contributed by atoms with Gasteiger partial charge in [-0.2, -0.15) is 0 Å². The average molecular weight is 232 g/mol. The second-order valence-corrected chi connectivity index (χ2v) is 4.43. The molecule has 1 saturated heterocycles. The van der Waals surface area contributed by atoms with E-state index in [1.54, 1.807) is 11.8 Å². The molecule has 2 amide bonds. The second kappa shape index (κ2) is 4.20. The third-order valence-corrected chi connectivity index (χ3v) is 3.18. The highest BCUT2D eigenvalue weighted by molar-refractivity contribution is 6.06. The van der Waals surface area contributed by atoms with E-state index in [4.69, 9.17) is 0 Å². The van der Waals surface area contributed by atoms with E-state index in [-0.39, 0.29) is 18.4 Å². The Balaban J connectivity index is 2.41. The van der Waals surface area contributed by atoms with Crippen LogP contribution in [0.15, 0.2) is 18.2 Å². The molecule has 2 rings (SSSR count). The van der Waals surface area contributed by atoms with E-state index in [9.17, 15) is 9.59 Å². The van der Waals surface area contributed by atoms with Crippen LogP contribution in [-0.4, -0.2) is 24.4 Å². The van der Waals surface area contributed by atoms with E-state index < -0.39 is 6.04 Å². The van der Waals surface area contributed by atoms with Gasteiger partial charge in [-0.15, -0.1) is 0 Å². The molecular weight excluding hydrogens is 216 g/mol. The summed E-state index contributed by atoms with van der Waals surface area (Å²) in [6.45, 7) is 5.77. The largest absolute Gasteiger partial charge is 0.343 e. The van der Waals surface area contributed by atoms with Crippen LogP contribution in [-0.2, 0) is 9.59 Å². The van der Waals surface area contributed by atoms with Crippen molar-refractivity contribution in [3.8, 4) is 0 Å². The van der Waals surface area contributed by atoms with E-state index >= 15 is 0 Å². The summed E-state index contributed by atoms with van der Waals surface area (Å²) in [5, 5.41) is 2.63. The minimum absolute atomic E-state index is 0.0571. The zero-order valence-corrected chi connectivity index (χ0v) is 10.3. The number of piperazine rings is 1. The molecule has 1 N–H and O–H groups in total. The normalized spacial score (nSPS) is 20.4. The predicted molar refractivity (Wildman–Crippen MR) is 65.9 cm³/mol. The molecule has 0 aliphatic carbocycles. The Kier molecular flexibility index (Phi) is 2.88. The lowest BCUT2D eigenvalue weighted by Crippen LogP contribution is -2.57. The number of anilines is 1. The van der Waals surface area contributed by atoms with Crippen LogP contribution in [0, 0.1) is 13.8 Å². The van der Waals surface area contributed by atoms with E-state index in [1.807, 2.05) is 32.0 Å². The zero-order valence-electron chi connectivity index (χ0n) is 10.3. The molecule has 1 aromatic rings. The van der Waals surface area contributed by atoms with E-state index in [1.165, 1.54) is 0 Å². The van der Waals surface area contributed by atoms with E-state index in [2.05, 4.69) is 5.32 Å². The Hall–Kier alpha value is -1.84. The van der Waals surface area contributed by atoms with Crippen molar-refractivity contribution in [2.75, 3.05) is 11.4 Å². The van der Waals surface area contributed by atoms with Crippen LogP contribution in [0.5, 0.6) is 0 Å². The number of carbonyl (C=O) groups excluding carboxylic acids is 2. The number of nitrogens with one attached hydrogen (secondary N) is 1. The van der Waals surface area contributed by atoms with Crippen molar-refractivity contribution >= 4 is 17.5 Å². The summed E-state index contributed by atoms with van der Waals surface area (Å²) in [5.74, 6) is -0.170. The third-order valence-electron chi connectivity index (χ3n) is 3.18. The highest BCUT2D eigenvalue weighted by atomic mass is 16.2. The van der Waals surface area contributed by atoms with Gasteiger partial charge < -0.3 is 10.2 Å². The fraction of sp³-hybridized carbons (Fsp3) is 0.385. The molecule has 90 valence electrons. The molecule has 17 heavy (non-hydrogen) atoms. The predicted octanol–water partition coefficient (Wildman–Crippen LogP) is 1.15. The van der Waals surface area contributed by atoms with Crippen LogP contribution in [0.25, 0.3) is 0 Å². The molecular formula is C13H16N2O2. The maximum absolute atomic E-state index is 12.0. The van der Waals surface area contributed by atoms with Gasteiger partial charge in [0.2, 0.25) is 11.8 Å². The lowest BCUT2D eigenvalue weighted by atomic mass is 10.1. The summed E-state index contributed by atoms with van der Waals surface area (Å²) >= 11 is 0. The van der Waals surface area contributed by atoms with Crippen LogP contribution in [0.2, 0.25) is 0 Å². The van der Waals surface area contributed by atoms with Gasteiger partial charge in [0, 0.05) is 5.69 Å². The lowest BCUT2D eigenvalue weighted by Gasteiger charge is -2.32. The van der Waals surface area contributed by atoms with Gasteiger partial charge in [-0.3, -0.25) is 9.59 Å². The molecule has 1 atom stereocenters. The highest BCUT2D eigenvalue weighted by Gasteiger charge is 2.31. The lowest BCUT2D eigenvalue weighted by molar-refractivity contribution is -0.130. The Labute approximate surface area is 101 Å². The van der Waals surface area contributed by atoms with Crippen LogP contribution in [0.4, 0.5) is 5.69 Å². The molecule has 0 radical (unpaired) electrons. The first-order chi connectivity index (χ1) is 8.00. The smallest absolute Gasteiger partial charge is 0.249 e. The first-order valence-electron chi connectivity index (χ1n) is 5.67. The molecule has 0 bridgehead atoms. The summed E-state index contributed by atoms with van der Waals surface area (Å²) in [4.78, 5) is 25.1. The van der Waals surface area contributed by atoms with Crippen LogP contribution < -0.4 is 10.2 Å². The second-order valence-electron chi connectivity index (χ2n) is 4.43. The van der Waals surface area contributed by atoms with E-state index in [0.29, 0.717) is 0 Å². The molecule has 1 aliphatic heterocycles. The number of hydrogen-bond donors (Lipinski definition) is 1. The monoisotopic (exact) mass is 232 g/mol. The number of hydrogen-bond acceptors (Lipinski definition) is 2. The maximum Gasteiger partial charge on any atom is 0.249 e. The Morgan fingerprint density at radius 2 is 2.00 bits per heavy atom. The van der Waals surface area contributed by atoms with Crippen molar-refractivity contribution in [2.45, 2.75) is 26.8 Å². The third kappa shape index (κ3) is 2.02. The van der Waals surface area contributed by atoms with Gasteiger partial charge in [-0.25, -0.2) is 0 Å². The number of benzene rings is 1. The van der Waals surface area contributed by atoms with Gasteiger partial charge >= 0.3 is 0 Å². The van der Waals surface area contributed by atoms with Crippen molar-refractivity contribution in [1.82, 2.24) is 5.32 Å². The summed E-state index contributed by atoms with van der Waals surface area (Å²) in [5.41, 5.74) is 2.99. The van der Waals surface area contributed by atoms with Crippen molar-refractivity contribution < 1.29 is 9.59 Å². The van der Waals surface area contributed by atoms with Crippen LogP contribution >= 0.6 is 0 Å². The first-order valence-corrected chi connectivity index (χ1v) is 5.67. The van der Waals surface area contributed by atoms with Crippen LogP contribution in [0.1, 0.15) is 18.1 Å². The molecule has 1 heterocycles. The Morgan fingerprint density at radius 3 is 2.71 bits per heavy atom. The SMILES string of the molecule is Cc1cccc(N2CC(=O)NC(C)C2=O)c1C. The Morgan fingerprint density at radius 1 is 1.29 bits per heavy atom. The minimum Gasteiger partial charge on any atom is -0.343 e. The number of rotatable bonds is 1. The summed E-state index contributed by atoms with van der Waals surface area (Å²) in [7, 11) is 0. The maximum atomic E-state index is 12.0. The molecule has 4 heteroatoms. The van der Waals surface area contributed by atoms with Crippen molar-refractivity contribution in [2.24, 2.45) is 0 Å². The molecule has 1 aromatic carbocycles. The molecule has 1 unspecified atom stereocenters. The van der Waals surface area contributed by atoms with Crippen molar-refractivity contribution in [3.63, 3.8) is 0 Å². The van der Waals surface area contributed by atoms with Gasteiger partial charge in [0.15, 0.2) is 0 Å². The molecule has 1 aliphatic rings. The van der Waals surface area contributed by atoms with Gasteiger partial charge in [0.25, 0.3) is 0 Å². The van der Waals surface area contributed by atoms with Gasteiger partial charge in [0.05, 0.1) is 0 Å². The summed E-state index contributed by atoms with van der Waals surface area (Å²) in [6, 6.07) is 5.33. The molecule has 0 spiro atoms.